The first-order valence-corrected chi connectivity index (χ1v) is 3.40. The minimum Gasteiger partial charge on any atom is -1.00 e. The van der Waals surface area contributed by atoms with Gasteiger partial charge in [0.1, 0.15) is 11.3 Å². The molecule has 56 valence electrons. The number of fused-ring (bicyclic) bond motifs is 1. The first-order chi connectivity index (χ1) is 5.38. The Labute approximate surface area is 121 Å². The summed E-state index contributed by atoms with van der Waals surface area (Å²) in [5.74, 6) is 0.239. The van der Waals surface area contributed by atoms with E-state index in [2.05, 4.69) is 4.98 Å². The molecule has 0 saturated heterocycles. The number of benzene rings is 1. The Kier molecular flexibility index (Phi) is 3.84. The molecule has 1 aromatic carbocycles. The fraction of sp³-hybridized carbons (Fsp3) is 0. The molecule has 0 amide bonds. The first-order valence-electron chi connectivity index (χ1n) is 3.40. The number of phenolic OH excluding ortho intramolecular Hbond substituents is 1. The number of para-hydroxylation sites is 1. The summed E-state index contributed by atoms with van der Waals surface area (Å²) in [5, 5.41) is 10.3. The molecule has 2 aromatic rings. The summed E-state index contributed by atoms with van der Waals surface area (Å²) in [6.07, 6.45) is 1.67. The summed E-state index contributed by atoms with van der Waals surface area (Å²) in [6.45, 7) is 0. The third-order valence-corrected chi connectivity index (χ3v) is 1.61. The Balaban J connectivity index is 0.000000720. The third-order valence-electron chi connectivity index (χ3n) is 1.61. The summed E-state index contributed by atoms with van der Waals surface area (Å²) in [6, 6.07) is 9.13. The van der Waals surface area contributed by atoms with Crippen LogP contribution in [-0.4, -0.2) is 10.1 Å². The molecule has 0 aliphatic rings. The first kappa shape index (κ1) is 10.3. The van der Waals surface area contributed by atoms with Gasteiger partial charge in [0.15, 0.2) is 0 Å². The van der Waals surface area contributed by atoms with E-state index in [0.29, 0.717) is 5.52 Å². The monoisotopic (exact) mass is 231 g/mol. The van der Waals surface area contributed by atoms with E-state index in [-0.39, 0.29) is 65.4 Å². The quantitative estimate of drug-likeness (QED) is 0.635. The van der Waals surface area contributed by atoms with Crippen LogP contribution in [0.5, 0.6) is 5.75 Å². The van der Waals surface area contributed by atoms with Crippen LogP contribution in [0.25, 0.3) is 10.9 Å². The van der Waals surface area contributed by atoms with Crippen LogP contribution in [-0.2, 0) is 0 Å². The average Bonchev–Trinajstić information content (AvgIpc) is 2.06. The van der Waals surface area contributed by atoms with E-state index in [1.165, 1.54) is 0 Å². The molecule has 0 aliphatic carbocycles. The third kappa shape index (κ3) is 1.94. The van der Waals surface area contributed by atoms with Gasteiger partial charge in [0.2, 0.25) is 0 Å². The second-order valence-corrected chi connectivity index (χ2v) is 2.35. The number of hydrogen-bond acceptors (Lipinski definition) is 2. The normalized spacial score (nSPS) is 9.33. The number of aromatic hydroxyl groups is 1. The second-order valence-electron chi connectivity index (χ2n) is 2.35. The van der Waals surface area contributed by atoms with E-state index in [4.69, 9.17) is 0 Å². The number of pyridine rings is 1. The van der Waals surface area contributed by atoms with Crippen molar-refractivity contribution in [1.29, 1.82) is 0 Å². The zero-order valence-corrected chi connectivity index (χ0v) is 11.8. The predicted octanol–water partition coefficient (Wildman–Crippen LogP) is -0.943. The Morgan fingerprint density at radius 1 is 1.17 bits per heavy atom. The summed E-state index contributed by atoms with van der Waals surface area (Å²) in [4.78, 5) is 4.03. The fourth-order valence-electron chi connectivity index (χ4n) is 1.09. The van der Waals surface area contributed by atoms with Crippen LogP contribution in [0.2, 0.25) is 0 Å². The predicted molar refractivity (Wildman–Crippen MR) is 44.5 cm³/mol. The second kappa shape index (κ2) is 4.47. The number of phenols is 1. The molecule has 0 unspecified atom stereocenters. The number of rotatable bonds is 0. The van der Waals surface area contributed by atoms with Crippen molar-refractivity contribution in [2.24, 2.45) is 0 Å². The molecule has 0 saturated carbocycles. The average molecular weight is 232 g/mol. The summed E-state index contributed by atoms with van der Waals surface area (Å²) < 4.78 is 0. The zero-order chi connectivity index (χ0) is 7.68. The van der Waals surface area contributed by atoms with Crippen LogP contribution in [0.3, 0.4) is 0 Å². The van der Waals surface area contributed by atoms with Crippen LogP contribution >= 0.6 is 0 Å². The Bertz CT molecular complexity index is 389. The topological polar surface area (TPSA) is 33.1 Å². The summed E-state index contributed by atoms with van der Waals surface area (Å²) >= 11 is 0. The zero-order valence-electron chi connectivity index (χ0n) is 7.86. The number of nitrogens with zero attached hydrogens (tertiary/aromatic N) is 1. The molecule has 12 heavy (non-hydrogen) atoms. The van der Waals surface area contributed by atoms with Crippen molar-refractivity contribution in [2.45, 2.75) is 0 Å². The minimum atomic E-state index is 0. The maximum Gasteiger partial charge on any atom is 1.00 e. The molecule has 1 N–H and O–H groups in total. The van der Waals surface area contributed by atoms with Gasteiger partial charge in [0.05, 0.1) is 0 Å². The van der Waals surface area contributed by atoms with Gasteiger partial charge < -0.3 is 6.53 Å². The van der Waals surface area contributed by atoms with Gasteiger partial charge in [-0.1, -0.05) is 18.2 Å². The SMILES string of the molecule is Oc1cccc2cccnc12.[H-].[Rb+]. The Morgan fingerprint density at radius 2 is 1.92 bits per heavy atom. The molecule has 1 heterocycles. The van der Waals surface area contributed by atoms with E-state index in [1.807, 2.05) is 18.2 Å². The van der Waals surface area contributed by atoms with E-state index < -0.39 is 0 Å². The van der Waals surface area contributed by atoms with E-state index in [0.717, 1.165) is 5.39 Å². The van der Waals surface area contributed by atoms with Gasteiger partial charge >= 0.3 is 58.2 Å². The van der Waals surface area contributed by atoms with Gasteiger partial charge in [-0.15, -0.1) is 0 Å². The van der Waals surface area contributed by atoms with Crippen LogP contribution in [0, 0.1) is 0 Å². The van der Waals surface area contributed by atoms with Crippen molar-refractivity contribution < 1.29 is 64.7 Å². The van der Waals surface area contributed by atoms with Gasteiger partial charge in [0.25, 0.3) is 0 Å². The smallest absolute Gasteiger partial charge is 1.00 e. The van der Waals surface area contributed by atoms with Gasteiger partial charge in [-0.2, -0.15) is 0 Å². The number of aromatic nitrogens is 1. The van der Waals surface area contributed by atoms with Crippen LogP contribution < -0.4 is 58.2 Å². The van der Waals surface area contributed by atoms with Crippen molar-refractivity contribution in [3.63, 3.8) is 0 Å². The Hall–Kier alpha value is 0.235. The van der Waals surface area contributed by atoms with Gasteiger partial charge in [-0.05, 0) is 12.1 Å². The molecule has 2 rings (SSSR count). The molecule has 0 radical (unpaired) electrons. The van der Waals surface area contributed by atoms with E-state index in [1.54, 1.807) is 18.3 Å². The van der Waals surface area contributed by atoms with Crippen molar-refractivity contribution >= 4 is 10.9 Å². The van der Waals surface area contributed by atoms with Crippen LogP contribution in [0.15, 0.2) is 36.5 Å². The van der Waals surface area contributed by atoms with Gasteiger partial charge in [-0.25, -0.2) is 0 Å². The van der Waals surface area contributed by atoms with Crippen LogP contribution in [0.1, 0.15) is 1.43 Å². The molecule has 1 aromatic heterocycles. The fourth-order valence-corrected chi connectivity index (χ4v) is 1.09. The minimum absolute atomic E-state index is 0. The maximum absolute atomic E-state index is 9.31. The van der Waals surface area contributed by atoms with Crippen molar-refractivity contribution in [3.8, 4) is 5.75 Å². The van der Waals surface area contributed by atoms with Crippen molar-refractivity contribution in [3.05, 3.63) is 36.5 Å². The van der Waals surface area contributed by atoms with E-state index in [9.17, 15) is 5.11 Å². The number of hydrogen-bond donors (Lipinski definition) is 1. The van der Waals surface area contributed by atoms with Gasteiger partial charge in [0, 0.05) is 11.6 Å². The molecular weight excluding hydrogens is 224 g/mol. The van der Waals surface area contributed by atoms with Crippen molar-refractivity contribution in [2.75, 3.05) is 0 Å². The molecule has 0 atom stereocenters. The van der Waals surface area contributed by atoms with Gasteiger partial charge in [-0.3, -0.25) is 4.98 Å². The molecule has 0 bridgehead atoms. The van der Waals surface area contributed by atoms with Crippen LogP contribution in [0.4, 0.5) is 0 Å². The Morgan fingerprint density at radius 3 is 2.67 bits per heavy atom. The molecular formula is C9H8NORb. The largest absolute Gasteiger partial charge is 1.00 e. The molecule has 0 spiro atoms. The molecule has 0 fully saturated rings. The van der Waals surface area contributed by atoms with E-state index >= 15 is 0 Å². The van der Waals surface area contributed by atoms with Crippen molar-refractivity contribution in [1.82, 2.24) is 4.98 Å². The summed E-state index contributed by atoms with van der Waals surface area (Å²) in [5.41, 5.74) is 0.662. The maximum atomic E-state index is 9.31. The molecule has 2 nitrogen and oxygen atoms in total. The molecule has 0 aliphatic heterocycles. The molecule has 3 heteroatoms. The standard InChI is InChI=1S/C9H7NO.Rb.H/c11-8-5-1-3-7-4-2-6-10-9(7)8;;/h1-6,11H;;/q;+1;-1. The summed E-state index contributed by atoms with van der Waals surface area (Å²) in [7, 11) is 0.